The smallest absolute Gasteiger partial charge is 0.270 e. The Hall–Kier alpha value is -2.57. The third-order valence-electron chi connectivity index (χ3n) is 5.16. The number of hydrogen-bond acceptors (Lipinski definition) is 4. The fourth-order valence-electron chi connectivity index (χ4n) is 3.25. The molecule has 0 fully saturated rings. The van der Waals surface area contributed by atoms with Gasteiger partial charge in [-0.05, 0) is 68.7 Å². The first-order valence-corrected chi connectivity index (χ1v) is 13.2. The Morgan fingerprint density at radius 3 is 1.97 bits per heavy atom. The van der Waals surface area contributed by atoms with E-state index in [9.17, 15) is 13.2 Å². The van der Waals surface area contributed by atoms with Crippen LogP contribution in [0.1, 0.15) is 36.5 Å². The Morgan fingerprint density at radius 1 is 0.844 bits per heavy atom. The highest BCUT2D eigenvalue weighted by atomic mass is 32.2. The van der Waals surface area contributed by atoms with E-state index in [1.807, 2.05) is 50.2 Å². The molecule has 32 heavy (non-hydrogen) atoms. The Labute approximate surface area is 195 Å². The lowest BCUT2D eigenvalue weighted by atomic mass is 10.1. The largest absolute Gasteiger partial charge is 0.272 e. The van der Waals surface area contributed by atoms with Gasteiger partial charge in [0.15, 0.2) is 0 Å². The lowest BCUT2D eigenvalue weighted by molar-refractivity contribution is -0.115. The summed E-state index contributed by atoms with van der Waals surface area (Å²) in [5, 5.41) is 0. The van der Waals surface area contributed by atoms with Gasteiger partial charge in [0.1, 0.15) is 0 Å². The Balaban J connectivity index is 1.91. The van der Waals surface area contributed by atoms with Crippen LogP contribution < -0.4 is 4.31 Å². The maximum Gasteiger partial charge on any atom is 0.270 e. The van der Waals surface area contributed by atoms with Crippen molar-refractivity contribution in [3.05, 3.63) is 89.5 Å². The molecule has 0 spiro atoms. The van der Waals surface area contributed by atoms with Crippen molar-refractivity contribution in [2.24, 2.45) is 0 Å². The van der Waals surface area contributed by atoms with E-state index in [4.69, 9.17) is 0 Å². The number of carbonyl (C=O) groups excluding carboxylic acids is 1. The molecule has 6 heteroatoms. The van der Waals surface area contributed by atoms with Crippen LogP contribution in [0.25, 0.3) is 0 Å². The molecule has 0 saturated carbocycles. The highest BCUT2D eigenvalue weighted by molar-refractivity contribution is 8.00. The second kappa shape index (κ2) is 10.8. The molecule has 0 aliphatic carbocycles. The summed E-state index contributed by atoms with van der Waals surface area (Å²) in [6.07, 6.45) is 3.08. The summed E-state index contributed by atoms with van der Waals surface area (Å²) >= 11 is 1.33. The van der Waals surface area contributed by atoms with Gasteiger partial charge in [-0.25, -0.2) is 12.7 Å². The average Bonchev–Trinajstić information content (AvgIpc) is 2.78. The number of carbonyl (C=O) groups is 1. The third kappa shape index (κ3) is 6.02. The van der Waals surface area contributed by atoms with Gasteiger partial charge in [0.25, 0.3) is 15.9 Å². The van der Waals surface area contributed by atoms with Crippen molar-refractivity contribution in [3.63, 3.8) is 0 Å². The lowest BCUT2D eigenvalue weighted by Crippen LogP contribution is -2.38. The molecule has 0 aliphatic rings. The van der Waals surface area contributed by atoms with Crippen molar-refractivity contribution in [2.45, 2.75) is 49.8 Å². The van der Waals surface area contributed by atoms with E-state index in [-0.39, 0.29) is 10.6 Å². The van der Waals surface area contributed by atoms with Crippen molar-refractivity contribution in [1.82, 2.24) is 0 Å². The summed E-state index contributed by atoms with van der Waals surface area (Å²) in [7, 11) is -4.04. The SMILES string of the molecule is CCCCc1ccc(N(C(=O)CSc2ccc(C)cc2)S(=O)(=O)c2ccc(C)cc2)cc1. The minimum absolute atomic E-state index is 0.0196. The Kier molecular flexibility index (Phi) is 8.15. The van der Waals surface area contributed by atoms with Crippen molar-refractivity contribution in [2.75, 3.05) is 10.1 Å². The highest BCUT2D eigenvalue weighted by Gasteiger charge is 2.31. The molecule has 0 aromatic heterocycles. The summed E-state index contributed by atoms with van der Waals surface area (Å²) in [5.74, 6) is -0.455. The summed E-state index contributed by atoms with van der Waals surface area (Å²) in [5.41, 5.74) is 3.58. The number of anilines is 1. The molecule has 168 valence electrons. The van der Waals surface area contributed by atoms with Gasteiger partial charge in [0.05, 0.1) is 16.3 Å². The second-order valence-electron chi connectivity index (χ2n) is 7.85. The number of benzene rings is 3. The fraction of sp³-hybridized carbons (Fsp3) is 0.269. The van der Waals surface area contributed by atoms with Crippen molar-refractivity contribution < 1.29 is 13.2 Å². The minimum Gasteiger partial charge on any atom is -0.272 e. The Bertz CT molecular complexity index is 1140. The molecule has 0 radical (unpaired) electrons. The molecule has 3 aromatic carbocycles. The quantitative estimate of drug-likeness (QED) is 0.354. The molecule has 0 atom stereocenters. The predicted molar refractivity (Wildman–Crippen MR) is 133 cm³/mol. The topological polar surface area (TPSA) is 54.5 Å². The van der Waals surface area contributed by atoms with Crippen molar-refractivity contribution in [3.8, 4) is 0 Å². The van der Waals surface area contributed by atoms with Crippen molar-refractivity contribution in [1.29, 1.82) is 0 Å². The Morgan fingerprint density at radius 2 is 1.41 bits per heavy atom. The van der Waals surface area contributed by atoms with Crippen LogP contribution in [0.4, 0.5) is 5.69 Å². The monoisotopic (exact) mass is 467 g/mol. The van der Waals surface area contributed by atoms with E-state index in [0.29, 0.717) is 5.69 Å². The van der Waals surface area contributed by atoms with Crippen LogP contribution >= 0.6 is 11.8 Å². The number of thioether (sulfide) groups is 1. The van der Waals surface area contributed by atoms with E-state index in [1.54, 1.807) is 36.4 Å². The molecule has 0 saturated heterocycles. The normalized spacial score (nSPS) is 11.3. The van der Waals surface area contributed by atoms with Crippen molar-refractivity contribution >= 4 is 33.4 Å². The van der Waals surface area contributed by atoms with E-state index in [1.165, 1.54) is 11.8 Å². The van der Waals surface area contributed by atoms with E-state index in [2.05, 4.69) is 6.92 Å². The van der Waals surface area contributed by atoms with Gasteiger partial charge in [0.2, 0.25) is 0 Å². The number of sulfonamides is 1. The van der Waals surface area contributed by atoms with Crippen LogP contribution in [-0.2, 0) is 21.2 Å². The van der Waals surface area contributed by atoms with E-state index in [0.717, 1.165) is 45.2 Å². The van der Waals surface area contributed by atoms with Gasteiger partial charge in [-0.15, -0.1) is 11.8 Å². The lowest BCUT2D eigenvalue weighted by Gasteiger charge is -2.23. The summed E-state index contributed by atoms with van der Waals surface area (Å²) < 4.78 is 27.9. The van der Waals surface area contributed by atoms with Crippen LogP contribution in [0.5, 0.6) is 0 Å². The third-order valence-corrected chi connectivity index (χ3v) is 7.92. The van der Waals surface area contributed by atoms with Gasteiger partial charge in [-0.1, -0.05) is 60.9 Å². The van der Waals surface area contributed by atoms with Crippen LogP contribution in [0.15, 0.2) is 82.6 Å². The van der Waals surface area contributed by atoms with Crippen LogP contribution in [0.2, 0.25) is 0 Å². The number of unbranched alkanes of at least 4 members (excludes halogenated alkanes) is 1. The van der Waals surface area contributed by atoms with Gasteiger partial charge in [-0.3, -0.25) is 4.79 Å². The molecule has 0 unspecified atom stereocenters. The van der Waals surface area contributed by atoms with Gasteiger partial charge in [-0.2, -0.15) is 0 Å². The summed E-state index contributed by atoms with van der Waals surface area (Å²) in [6.45, 7) is 6.03. The van der Waals surface area contributed by atoms with Gasteiger partial charge in [0, 0.05) is 4.90 Å². The molecule has 0 heterocycles. The van der Waals surface area contributed by atoms with E-state index >= 15 is 0 Å². The first-order chi connectivity index (χ1) is 15.3. The number of hydrogen-bond donors (Lipinski definition) is 0. The second-order valence-corrected chi connectivity index (χ2v) is 10.7. The molecule has 0 aliphatic heterocycles. The van der Waals surface area contributed by atoms with Crippen LogP contribution in [0, 0.1) is 13.8 Å². The highest BCUT2D eigenvalue weighted by Crippen LogP contribution is 2.27. The number of rotatable bonds is 9. The number of amides is 1. The standard InChI is InChI=1S/C26H29NO3S2/c1-4-5-6-22-11-13-23(14-12-22)27(32(29,30)25-17-9-21(3)10-18-25)26(28)19-31-24-15-7-20(2)8-16-24/h7-18H,4-6,19H2,1-3H3. The molecule has 4 nitrogen and oxygen atoms in total. The zero-order chi connectivity index (χ0) is 23.1. The van der Waals surface area contributed by atoms with E-state index < -0.39 is 15.9 Å². The molecule has 0 N–H and O–H groups in total. The first kappa shape index (κ1) is 24.1. The average molecular weight is 468 g/mol. The maximum absolute atomic E-state index is 13.5. The van der Waals surface area contributed by atoms with Crippen LogP contribution in [0.3, 0.4) is 0 Å². The zero-order valence-corrected chi connectivity index (χ0v) is 20.4. The molecule has 0 bridgehead atoms. The molecular formula is C26H29NO3S2. The number of nitrogens with zero attached hydrogens (tertiary/aromatic N) is 1. The van der Waals surface area contributed by atoms with Crippen LogP contribution in [-0.4, -0.2) is 20.1 Å². The summed E-state index contributed by atoms with van der Waals surface area (Å²) in [4.78, 5) is 14.3. The first-order valence-electron chi connectivity index (χ1n) is 10.7. The molecule has 3 aromatic rings. The van der Waals surface area contributed by atoms with Gasteiger partial charge < -0.3 is 0 Å². The van der Waals surface area contributed by atoms with Gasteiger partial charge >= 0.3 is 0 Å². The predicted octanol–water partition coefficient (Wildman–Crippen LogP) is 6.16. The fourth-order valence-corrected chi connectivity index (χ4v) is 5.50. The minimum atomic E-state index is -4.04. The molecule has 1 amide bonds. The zero-order valence-electron chi connectivity index (χ0n) is 18.7. The molecular weight excluding hydrogens is 438 g/mol. The maximum atomic E-state index is 13.5. The number of aryl methyl sites for hydroxylation is 3. The summed E-state index contributed by atoms with van der Waals surface area (Å²) in [6, 6.07) is 21.7. The molecule has 3 rings (SSSR count).